The van der Waals surface area contributed by atoms with Gasteiger partial charge in [-0.3, -0.25) is 4.99 Å². The smallest absolute Gasteiger partial charge is 0.191 e. The highest BCUT2D eigenvalue weighted by Gasteiger charge is 2.18. The number of anilines is 1. The summed E-state index contributed by atoms with van der Waals surface area (Å²) in [5.41, 5.74) is 7.21. The molecule has 0 radical (unpaired) electrons. The monoisotopic (exact) mass is 461 g/mol. The van der Waals surface area contributed by atoms with Crippen molar-refractivity contribution in [3.8, 4) is 0 Å². The van der Waals surface area contributed by atoms with Crippen molar-refractivity contribution >= 4 is 35.6 Å². The van der Waals surface area contributed by atoms with E-state index in [0.717, 1.165) is 51.4 Å². The minimum Gasteiger partial charge on any atom is -0.370 e. The van der Waals surface area contributed by atoms with Crippen LogP contribution in [0.15, 0.2) is 29.3 Å². The molecule has 2 heterocycles. The van der Waals surface area contributed by atoms with Gasteiger partial charge in [0.1, 0.15) is 5.82 Å². The average molecular weight is 461 g/mol. The normalized spacial score (nSPS) is 19.2. The molecule has 0 unspecified atom stereocenters. The van der Waals surface area contributed by atoms with Crippen molar-refractivity contribution in [3.05, 3.63) is 30.1 Å². The second-order valence-corrected chi connectivity index (χ2v) is 6.59. The summed E-state index contributed by atoms with van der Waals surface area (Å²) in [5, 5.41) is 0. The predicted octanol–water partition coefficient (Wildman–Crippen LogP) is 2.37. The van der Waals surface area contributed by atoms with Gasteiger partial charge in [0.05, 0.1) is 0 Å². The number of nitrogens with zero attached hydrogens (tertiary/aromatic N) is 4. The summed E-state index contributed by atoms with van der Waals surface area (Å²) in [6.07, 6.45) is 3.75. The van der Waals surface area contributed by atoms with Crippen LogP contribution in [-0.4, -0.2) is 68.1 Å². The summed E-state index contributed by atoms with van der Waals surface area (Å²) in [7, 11) is 0. The van der Waals surface area contributed by atoms with Gasteiger partial charge in [-0.15, -0.1) is 24.0 Å². The zero-order chi connectivity index (χ0) is 16.8. The number of piperazine rings is 1. The fraction of sp³-hybridized carbons (Fsp3) is 0.611. The molecule has 0 aliphatic carbocycles. The molecule has 0 spiro atoms. The minimum absolute atomic E-state index is 0. The molecule has 0 aromatic heterocycles. The Morgan fingerprint density at radius 1 is 1.00 bits per heavy atom. The van der Waals surface area contributed by atoms with Crippen molar-refractivity contribution in [1.82, 2.24) is 9.80 Å². The van der Waals surface area contributed by atoms with E-state index in [4.69, 9.17) is 5.73 Å². The zero-order valence-corrected chi connectivity index (χ0v) is 17.1. The van der Waals surface area contributed by atoms with Crippen molar-refractivity contribution < 1.29 is 4.39 Å². The van der Waals surface area contributed by atoms with E-state index in [1.54, 1.807) is 0 Å². The van der Waals surface area contributed by atoms with E-state index in [1.165, 1.54) is 38.1 Å². The molecular weight excluding hydrogens is 432 g/mol. The summed E-state index contributed by atoms with van der Waals surface area (Å²) in [6, 6.07) is 6.69. The minimum atomic E-state index is -0.192. The van der Waals surface area contributed by atoms with Crippen molar-refractivity contribution in [2.75, 3.05) is 57.3 Å². The van der Waals surface area contributed by atoms with Gasteiger partial charge in [0.25, 0.3) is 0 Å². The first kappa shape index (κ1) is 20.2. The van der Waals surface area contributed by atoms with E-state index in [9.17, 15) is 4.39 Å². The molecule has 5 nitrogen and oxygen atoms in total. The number of hydrogen-bond donors (Lipinski definition) is 1. The third kappa shape index (κ3) is 5.99. The van der Waals surface area contributed by atoms with Gasteiger partial charge >= 0.3 is 0 Å². The topological polar surface area (TPSA) is 48.1 Å². The number of guanidine groups is 1. The van der Waals surface area contributed by atoms with E-state index < -0.39 is 0 Å². The van der Waals surface area contributed by atoms with Crippen molar-refractivity contribution in [3.63, 3.8) is 0 Å². The number of aliphatic imine (C=N–C) groups is 1. The van der Waals surface area contributed by atoms with Crippen molar-refractivity contribution in [2.24, 2.45) is 10.7 Å². The average Bonchev–Trinajstić information content (AvgIpc) is 3.13. The van der Waals surface area contributed by atoms with Crippen LogP contribution in [0.4, 0.5) is 10.1 Å². The number of rotatable bonds is 5. The Balaban J connectivity index is 0.00000225. The van der Waals surface area contributed by atoms with Gasteiger partial charge in [-0.25, -0.2) is 4.39 Å². The highest BCUT2D eigenvalue weighted by atomic mass is 127. The lowest BCUT2D eigenvalue weighted by atomic mass is 10.2. The Morgan fingerprint density at radius 3 is 2.28 bits per heavy atom. The van der Waals surface area contributed by atoms with Crippen LogP contribution >= 0.6 is 24.0 Å². The summed E-state index contributed by atoms with van der Waals surface area (Å²) in [4.78, 5) is 11.5. The van der Waals surface area contributed by atoms with Gasteiger partial charge in [-0.2, -0.15) is 0 Å². The molecule has 2 aliphatic rings. The van der Waals surface area contributed by atoms with Crippen LogP contribution in [-0.2, 0) is 0 Å². The summed E-state index contributed by atoms with van der Waals surface area (Å²) < 4.78 is 13.0. The molecule has 0 atom stereocenters. The van der Waals surface area contributed by atoms with Crippen LogP contribution < -0.4 is 10.6 Å². The molecule has 2 N–H and O–H groups in total. The van der Waals surface area contributed by atoms with E-state index >= 15 is 0 Å². The number of halogens is 2. The zero-order valence-electron chi connectivity index (χ0n) is 14.7. The second kappa shape index (κ2) is 10.2. The second-order valence-electron chi connectivity index (χ2n) is 6.59. The van der Waals surface area contributed by atoms with Crippen LogP contribution in [0, 0.1) is 5.82 Å². The molecule has 7 heteroatoms. The number of hydrogen-bond acceptors (Lipinski definition) is 3. The maximum atomic E-state index is 13.0. The molecule has 0 bridgehead atoms. The van der Waals surface area contributed by atoms with E-state index in [-0.39, 0.29) is 29.8 Å². The lowest BCUT2D eigenvalue weighted by Gasteiger charge is -2.36. The summed E-state index contributed by atoms with van der Waals surface area (Å²) >= 11 is 0. The number of nitrogens with two attached hydrogens (primary N) is 1. The van der Waals surface area contributed by atoms with Gasteiger partial charge in [0.2, 0.25) is 0 Å². The van der Waals surface area contributed by atoms with Gasteiger partial charge in [-0.05, 0) is 63.2 Å². The fourth-order valence-electron chi connectivity index (χ4n) is 3.44. The lowest BCUT2D eigenvalue weighted by molar-refractivity contribution is 0.335. The first-order chi connectivity index (χ1) is 11.7. The number of benzene rings is 1. The molecule has 2 aliphatic heterocycles. The summed E-state index contributed by atoms with van der Waals surface area (Å²) in [5.74, 6) is 0.470. The van der Waals surface area contributed by atoms with E-state index in [0.29, 0.717) is 5.96 Å². The number of likely N-dealkylation sites (tertiary alicyclic amines) is 1. The molecule has 1 aromatic rings. The SMILES string of the molecule is I.NC(=NCCCN1CCCC1)N1CCN(c2ccc(F)cc2)CC1. The Bertz CT molecular complexity index is 537. The standard InChI is InChI=1S/C18H28FN5.HI/c19-16-4-6-17(7-5-16)23-12-14-24(15-13-23)18(20)21-8-3-11-22-9-1-2-10-22;/h4-7H,1-3,8-15H2,(H2,20,21);1H. The molecule has 3 rings (SSSR count). The van der Waals surface area contributed by atoms with Gasteiger partial charge < -0.3 is 20.4 Å². The Labute approximate surface area is 167 Å². The fourth-order valence-corrected chi connectivity index (χ4v) is 3.44. The molecule has 1 aromatic carbocycles. The quantitative estimate of drug-likeness (QED) is 0.317. The molecule has 0 amide bonds. The lowest BCUT2D eigenvalue weighted by Crippen LogP contribution is -2.51. The maximum absolute atomic E-state index is 13.0. The summed E-state index contributed by atoms with van der Waals surface area (Å²) in [6.45, 7) is 7.91. The Kier molecular flexibility index (Phi) is 8.21. The highest BCUT2D eigenvalue weighted by Crippen LogP contribution is 2.16. The van der Waals surface area contributed by atoms with Crippen molar-refractivity contribution in [2.45, 2.75) is 19.3 Å². The van der Waals surface area contributed by atoms with Crippen LogP contribution in [0.25, 0.3) is 0 Å². The Hall–Kier alpha value is -1.09. The first-order valence-electron chi connectivity index (χ1n) is 9.00. The van der Waals surface area contributed by atoms with Gasteiger partial charge in [-0.1, -0.05) is 0 Å². The van der Waals surface area contributed by atoms with Crippen LogP contribution in [0.3, 0.4) is 0 Å². The molecule has 140 valence electrons. The first-order valence-corrected chi connectivity index (χ1v) is 9.00. The maximum Gasteiger partial charge on any atom is 0.191 e. The largest absolute Gasteiger partial charge is 0.370 e. The van der Waals surface area contributed by atoms with Crippen LogP contribution in [0.2, 0.25) is 0 Å². The van der Waals surface area contributed by atoms with Crippen LogP contribution in [0.5, 0.6) is 0 Å². The van der Waals surface area contributed by atoms with E-state index in [1.807, 2.05) is 12.1 Å². The third-order valence-electron chi connectivity index (χ3n) is 4.90. The molecule has 0 saturated carbocycles. The predicted molar refractivity (Wildman–Crippen MR) is 112 cm³/mol. The van der Waals surface area contributed by atoms with Gasteiger partial charge in [0.15, 0.2) is 5.96 Å². The van der Waals surface area contributed by atoms with Crippen molar-refractivity contribution in [1.29, 1.82) is 0 Å². The molecular formula is C18H29FIN5. The van der Waals surface area contributed by atoms with E-state index in [2.05, 4.69) is 19.7 Å². The molecule has 25 heavy (non-hydrogen) atoms. The Morgan fingerprint density at radius 2 is 1.64 bits per heavy atom. The third-order valence-corrected chi connectivity index (χ3v) is 4.90. The van der Waals surface area contributed by atoms with Gasteiger partial charge in [0, 0.05) is 38.4 Å². The van der Waals surface area contributed by atoms with Crippen LogP contribution in [0.1, 0.15) is 19.3 Å². The molecule has 2 fully saturated rings. The highest BCUT2D eigenvalue weighted by molar-refractivity contribution is 14.0. The molecule has 2 saturated heterocycles.